The Bertz CT molecular complexity index is 597. The number of hydrazine groups is 1. The predicted molar refractivity (Wildman–Crippen MR) is 82.4 cm³/mol. The van der Waals surface area contributed by atoms with E-state index in [9.17, 15) is 0 Å². The van der Waals surface area contributed by atoms with Crippen LogP contribution in [-0.2, 0) is 13.0 Å². The number of nitrogens with two attached hydrogens (primary N) is 1. The molecular weight excluding hydrogens is 248 g/mol. The molecule has 0 spiro atoms. The van der Waals surface area contributed by atoms with Crippen LogP contribution in [0.4, 0.5) is 11.5 Å². The van der Waals surface area contributed by atoms with Crippen molar-refractivity contribution in [1.29, 1.82) is 0 Å². The Morgan fingerprint density at radius 1 is 1.25 bits per heavy atom. The van der Waals surface area contributed by atoms with Crippen LogP contribution in [0.25, 0.3) is 0 Å². The molecule has 0 aliphatic carbocycles. The highest BCUT2D eigenvalue weighted by Gasteiger charge is 2.21. The van der Waals surface area contributed by atoms with Crippen LogP contribution < -0.4 is 16.2 Å². The summed E-state index contributed by atoms with van der Waals surface area (Å²) in [6.45, 7) is 4.18. The molecule has 20 heavy (non-hydrogen) atoms. The summed E-state index contributed by atoms with van der Waals surface area (Å²) in [5, 5.41) is 0. The molecule has 0 fully saturated rings. The summed E-state index contributed by atoms with van der Waals surface area (Å²) in [5.74, 6) is 6.80. The van der Waals surface area contributed by atoms with Crippen molar-refractivity contribution < 1.29 is 0 Å². The zero-order chi connectivity index (χ0) is 13.9. The van der Waals surface area contributed by atoms with Crippen molar-refractivity contribution in [3.05, 3.63) is 53.7 Å². The van der Waals surface area contributed by atoms with Gasteiger partial charge in [0.1, 0.15) is 5.82 Å². The first-order chi connectivity index (χ1) is 9.76. The van der Waals surface area contributed by atoms with E-state index in [1.807, 2.05) is 18.2 Å². The van der Waals surface area contributed by atoms with Crippen LogP contribution >= 0.6 is 0 Å². The highest BCUT2D eigenvalue weighted by molar-refractivity contribution is 5.56. The molecule has 0 saturated carbocycles. The van der Waals surface area contributed by atoms with Crippen LogP contribution in [0.1, 0.15) is 18.2 Å². The molecule has 4 nitrogen and oxygen atoms in total. The number of rotatable bonds is 3. The molecule has 0 radical (unpaired) electrons. The monoisotopic (exact) mass is 268 g/mol. The van der Waals surface area contributed by atoms with Gasteiger partial charge in [0.25, 0.3) is 0 Å². The van der Waals surface area contributed by atoms with Gasteiger partial charge in [0.15, 0.2) is 0 Å². The van der Waals surface area contributed by atoms with E-state index in [4.69, 9.17) is 5.84 Å². The summed E-state index contributed by atoms with van der Waals surface area (Å²) >= 11 is 0. The third-order valence-electron chi connectivity index (χ3n) is 3.74. The first-order valence-electron chi connectivity index (χ1n) is 7.01. The number of anilines is 2. The van der Waals surface area contributed by atoms with Gasteiger partial charge in [-0.3, -0.25) is 0 Å². The average Bonchev–Trinajstić information content (AvgIpc) is 2.47. The quantitative estimate of drug-likeness (QED) is 0.663. The Morgan fingerprint density at radius 3 is 2.95 bits per heavy atom. The first kappa shape index (κ1) is 12.9. The standard InChI is InChI=1S/C16H20N4/c1-12-9-13-5-2-3-7-15(13)20(10-12)11-14-6-4-8-16(18-14)19-17/h2-8,12H,9-11,17H2,1H3,(H,18,19). The predicted octanol–water partition coefficient (Wildman–Crippen LogP) is 2.57. The Hall–Kier alpha value is -2.07. The highest BCUT2D eigenvalue weighted by atomic mass is 15.3. The van der Waals surface area contributed by atoms with Gasteiger partial charge in [0.2, 0.25) is 0 Å². The second-order valence-corrected chi connectivity index (χ2v) is 5.48. The fourth-order valence-electron chi connectivity index (χ4n) is 2.90. The summed E-state index contributed by atoms with van der Waals surface area (Å²) in [6, 6.07) is 14.5. The molecule has 2 aromatic rings. The summed E-state index contributed by atoms with van der Waals surface area (Å²) in [5.41, 5.74) is 6.40. The Balaban J connectivity index is 1.87. The van der Waals surface area contributed by atoms with Gasteiger partial charge < -0.3 is 10.3 Å². The third kappa shape index (κ3) is 2.60. The van der Waals surface area contributed by atoms with Crippen molar-refractivity contribution in [3.8, 4) is 0 Å². The maximum absolute atomic E-state index is 5.42. The normalized spacial score (nSPS) is 17.7. The first-order valence-corrected chi connectivity index (χ1v) is 7.01. The van der Waals surface area contributed by atoms with Crippen molar-refractivity contribution in [2.45, 2.75) is 19.9 Å². The SMILES string of the molecule is CC1Cc2ccccc2N(Cc2cccc(NN)n2)C1. The number of para-hydroxylation sites is 1. The minimum absolute atomic E-state index is 0.667. The number of benzene rings is 1. The number of nitrogens with one attached hydrogen (secondary N) is 1. The number of hydrogen-bond acceptors (Lipinski definition) is 4. The molecule has 3 N–H and O–H groups in total. The molecule has 3 rings (SSSR count). The Labute approximate surface area is 119 Å². The molecule has 2 heterocycles. The second kappa shape index (κ2) is 5.51. The molecule has 1 aliphatic rings. The van der Waals surface area contributed by atoms with Crippen molar-refractivity contribution in [2.24, 2.45) is 11.8 Å². The molecule has 0 saturated heterocycles. The lowest BCUT2D eigenvalue weighted by molar-refractivity contribution is 0.528. The Morgan fingerprint density at radius 2 is 2.10 bits per heavy atom. The number of nitrogens with zero attached hydrogens (tertiary/aromatic N) is 2. The van der Waals surface area contributed by atoms with Gasteiger partial charge in [-0.1, -0.05) is 31.2 Å². The maximum Gasteiger partial charge on any atom is 0.140 e. The number of aromatic nitrogens is 1. The van der Waals surface area contributed by atoms with Crippen molar-refractivity contribution in [2.75, 3.05) is 16.9 Å². The van der Waals surface area contributed by atoms with Gasteiger partial charge in [-0.05, 0) is 36.1 Å². The van der Waals surface area contributed by atoms with Crippen LogP contribution in [0.3, 0.4) is 0 Å². The molecule has 1 unspecified atom stereocenters. The van der Waals surface area contributed by atoms with E-state index in [2.05, 4.69) is 46.5 Å². The fourth-order valence-corrected chi connectivity index (χ4v) is 2.90. The molecule has 1 atom stereocenters. The van der Waals surface area contributed by atoms with E-state index in [1.54, 1.807) is 0 Å². The molecule has 1 aliphatic heterocycles. The maximum atomic E-state index is 5.42. The summed E-state index contributed by atoms with van der Waals surface area (Å²) in [6.07, 6.45) is 1.16. The number of fused-ring (bicyclic) bond motifs is 1. The number of pyridine rings is 1. The molecule has 1 aromatic heterocycles. The highest BCUT2D eigenvalue weighted by Crippen LogP contribution is 2.30. The smallest absolute Gasteiger partial charge is 0.140 e. The zero-order valence-electron chi connectivity index (χ0n) is 11.7. The van der Waals surface area contributed by atoms with Gasteiger partial charge in [-0.15, -0.1) is 0 Å². The summed E-state index contributed by atoms with van der Waals surface area (Å²) in [7, 11) is 0. The average molecular weight is 268 g/mol. The molecule has 1 aromatic carbocycles. The van der Waals surface area contributed by atoms with Crippen molar-refractivity contribution in [1.82, 2.24) is 4.98 Å². The molecular formula is C16H20N4. The number of hydrogen-bond donors (Lipinski definition) is 2. The van der Waals surface area contributed by atoms with E-state index in [0.29, 0.717) is 11.7 Å². The topological polar surface area (TPSA) is 54.2 Å². The number of nitrogen functional groups attached to an aromatic ring is 1. The van der Waals surface area contributed by atoms with E-state index in [-0.39, 0.29) is 0 Å². The van der Waals surface area contributed by atoms with E-state index < -0.39 is 0 Å². The van der Waals surface area contributed by atoms with E-state index >= 15 is 0 Å². The van der Waals surface area contributed by atoms with Gasteiger partial charge in [0, 0.05) is 12.2 Å². The summed E-state index contributed by atoms with van der Waals surface area (Å²) < 4.78 is 0. The van der Waals surface area contributed by atoms with Crippen LogP contribution in [0, 0.1) is 5.92 Å². The molecule has 104 valence electrons. The van der Waals surface area contributed by atoms with Crippen LogP contribution in [-0.4, -0.2) is 11.5 Å². The zero-order valence-corrected chi connectivity index (χ0v) is 11.7. The molecule has 4 heteroatoms. The van der Waals surface area contributed by atoms with Crippen LogP contribution in [0.15, 0.2) is 42.5 Å². The third-order valence-corrected chi connectivity index (χ3v) is 3.74. The van der Waals surface area contributed by atoms with Gasteiger partial charge in [0.05, 0.1) is 12.2 Å². The largest absolute Gasteiger partial charge is 0.365 e. The lowest BCUT2D eigenvalue weighted by atomic mass is 9.94. The van der Waals surface area contributed by atoms with Gasteiger partial charge in [-0.2, -0.15) is 0 Å². The minimum Gasteiger partial charge on any atom is -0.365 e. The van der Waals surface area contributed by atoms with Gasteiger partial charge >= 0.3 is 0 Å². The van der Waals surface area contributed by atoms with Gasteiger partial charge in [-0.25, -0.2) is 10.8 Å². The second-order valence-electron chi connectivity index (χ2n) is 5.48. The van der Waals surface area contributed by atoms with E-state index in [1.165, 1.54) is 11.3 Å². The minimum atomic E-state index is 0.667. The summed E-state index contributed by atoms with van der Waals surface area (Å²) in [4.78, 5) is 6.91. The fraction of sp³-hybridized carbons (Fsp3) is 0.312. The molecule has 0 amide bonds. The van der Waals surface area contributed by atoms with E-state index in [0.717, 1.165) is 25.2 Å². The van der Waals surface area contributed by atoms with Crippen molar-refractivity contribution >= 4 is 11.5 Å². The molecule has 0 bridgehead atoms. The van der Waals surface area contributed by atoms with Crippen molar-refractivity contribution in [3.63, 3.8) is 0 Å². The lowest BCUT2D eigenvalue weighted by Gasteiger charge is -2.34. The van der Waals surface area contributed by atoms with Crippen LogP contribution in [0.5, 0.6) is 0 Å². The lowest BCUT2D eigenvalue weighted by Crippen LogP contribution is -2.34. The Kier molecular flexibility index (Phi) is 3.56. The van der Waals surface area contributed by atoms with Crippen LogP contribution in [0.2, 0.25) is 0 Å².